The number of nitrogens with zero attached hydrogens (tertiary/aromatic N) is 1. The SMILES string of the molecule is COC(=O)c1ccccc1CNCC1(N(C)C)CCC1. The minimum absolute atomic E-state index is 0.270. The van der Waals surface area contributed by atoms with Crippen LogP contribution in [0.3, 0.4) is 0 Å². The van der Waals surface area contributed by atoms with E-state index in [4.69, 9.17) is 4.74 Å². The van der Waals surface area contributed by atoms with Crippen molar-refractivity contribution in [2.45, 2.75) is 31.3 Å². The van der Waals surface area contributed by atoms with E-state index in [1.54, 1.807) is 0 Å². The standard InChI is InChI=1S/C16H24N2O2/c1-18(2)16(9-6-10-16)12-17-11-13-7-4-5-8-14(13)15(19)20-3/h4-5,7-8,17H,6,9-12H2,1-3H3. The Kier molecular flexibility index (Phi) is 4.78. The summed E-state index contributed by atoms with van der Waals surface area (Å²) in [5.41, 5.74) is 1.93. The summed E-state index contributed by atoms with van der Waals surface area (Å²) >= 11 is 0. The molecule has 0 saturated heterocycles. The fourth-order valence-electron chi connectivity index (χ4n) is 2.78. The van der Waals surface area contributed by atoms with Gasteiger partial charge in [-0.05, 0) is 45.0 Å². The van der Waals surface area contributed by atoms with E-state index < -0.39 is 0 Å². The number of carbonyl (C=O) groups excluding carboxylic acids is 1. The Bertz CT molecular complexity index is 467. The highest BCUT2D eigenvalue weighted by molar-refractivity contribution is 5.90. The van der Waals surface area contributed by atoms with Crippen molar-refractivity contribution in [3.8, 4) is 0 Å². The molecule has 0 bridgehead atoms. The quantitative estimate of drug-likeness (QED) is 0.807. The van der Waals surface area contributed by atoms with E-state index in [9.17, 15) is 4.79 Å². The molecule has 1 aliphatic carbocycles. The van der Waals surface area contributed by atoms with Gasteiger partial charge < -0.3 is 15.0 Å². The van der Waals surface area contributed by atoms with Gasteiger partial charge >= 0.3 is 5.97 Å². The zero-order valence-corrected chi connectivity index (χ0v) is 12.6. The Labute approximate surface area is 121 Å². The predicted molar refractivity (Wildman–Crippen MR) is 79.8 cm³/mol. The van der Waals surface area contributed by atoms with Crippen LogP contribution in [0.2, 0.25) is 0 Å². The molecule has 0 spiro atoms. The summed E-state index contributed by atoms with van der Waals surface area (Å²) in [4.78, 5) is 14.0. The zero-order valence-electron chi connectivity index (χ0n) is 12.6. The van der Waals surface area contributed by atoms with Crippen LogP contribution in [0.25, 0.3) is 0 Å². The molecule has 2 rings (SSSR count). The smallest absolute Gasteiger partial charge is 0.338 e. The van der Waals surface area contributed by atoms with Crippen LogP contribution in [-0.2, 0) is 11.3 Å². The molecule has 1 fully saturated rings. The Morgan fingerprint density at radius 3 is 2.60 bits per heavy atom. The molecule has 4 heteroatoms. The van der Waals surface area contributed by atoms with Crippen molar-refractivity contribution >= 4 is 5.97 Å². The maximum Gasteiger partial charge on any atom is 0.338 e. The van der Waals surface area contributed by atoms with Crippen molar-refractivity contribution in [1.82, 2.24) is 10.2 Å². The first-order valence-corrected chi connectivity index (χ1v) is 7.13. The molecule has 1 aliphatic rings. The van der Waals surface area contributed by atoms with Crippen molar-refractivity contribution < 1.29 is 9.53 Å². The predicted octanol–water partition coefficient (Wildman–Crippen LogP) is 2.05. The Morgan fingerprint density at radius 1 is 1.35 bits per heavy atom. The highest BCUT2D eigenvalue weighted by Crippen LogP contribution is 2.35. The fourth-order valence-corrected chi connectivity index (χ4v) is 2.78. The van der Waals surface area contributed by atoms with Crippen LogP contribution in [0, 0.1) is 0 Å². The molecular weight excluding hydrogens is 252 g/mol. The van der Waals surface area contributed by atoms with Crippen molar-refractivity contribution in [2.75, 3.05) is 27.7 Å². The average Bonchev–Trinajstić information content (AvgIpc) is 2.41. The van der Waals surface area contributed by atoms with Crippen LogP contribution >= 0.6 is 0 Å². The number of likely N-dealkylation sites (N-methyl/N-ethyl adjacent to an activating group) is 1. The summed E-state index contributed by atoms with van der Waals surface area (Å²) in [5, 5.41) is 3.50. The third kappa shape index (κ3) is 3.02. The molecule has 0 amide bonds. The van der Waals surface area contributed by atoms with Gasteiger partial charge in [-0.3, -0.25) is 0 Å². The summed E-state index contributed by atoms with van der Waals surface area (Å²) in [6.07, 6.45) is 3.79. The lowest BCUT2D eigenvalue weighted by molar-refractivity contribution is 0.0587. The fraction of sp³-hybridized carbons (Fsp3) is 0.562. The van der Waals surface area contributed by atoms with Crippen LogP contribution < -0.4 is 5.32 Å². The van der Waals surface area contributed by atoms with Gasteiger partial charge in [0.1, 0.15) is 0 Å². The Balaban J connectivity index is 1.96. The second-order valence-corrected chi connectivity index (χ2v) is 5.72. The summed E-state index contributed by atoms with van der Waals surface area (Å²) in [6.45, 7) is 1.65. The molecule has 1 saturated carbocycles. The van der Waals surface area contributed by atoms with Crippen molar-refractivity contribution in [1.29, 1.82) is 0 Å². The first kappa shape index (κ1) is 15.0. The molecule has 1 aromatic carbocycles. The Morgan fingerprint density at radius 2 is 2.05 bits per heavy atom. The van der Waals surface area contributed by atoms with E-state index in [0.29, 0.717) is 17.6 Å². The summed E-state index contributed by atoms with van der Waals surface area (Å²) in [6, 6.07) is 7.60. The minimum atomic E-state index is -0.270. The van der Waals surface area contributed by atoms with E-state index in [-0.39, 0.29) is 5.97 Å². The van der Waals surface area contributed by atoms with Crippen LogP contribution in [0.5, 0.6) is 0 Å². The molecule has 20 heavy (non-hydrogen) atoms. The lowest BCUT2D eigenvalue weighted by Gasteiger charge is -2.47. The van der Waals surface area contributed by atoms with Gasteiger partial charge in [0, 0.05) is 18.6 Å². The maximum absolute atomic E-state index is 11.7. The second-order valence-electron chi connectivity index (χ2n) is 5.72. The average molecular weight is 276 g/mol. The Hall–Kier alpha value is -1.39. The molecule has 1 N–H and O–H groups in total. The number of benzene rings is 1. The van der Waals surface area contributed by atoms with Gasteiger partial charge in [0.2, 0.25) is 0 Å². The molecule has 4 nitrogen and oxygen atoms in total. The third-order valence-corrected chi connectivity index (χ3v) is 4.43. The van der Waals surface area contributed by atoms with E-state index >= 15 is 0 Å². The molecule has 1 aromatic rings. The van der Waals surface area contributed by atoms with Gasteiger partial charge in [-0.25, -0.2) is 4.79 Å². The maximum atomic E-state index is 11.7. The monoisotopic (exact) mass is 276 g/mol. The number of nitrogens with one attached hydrogen (secondary N) is 1. The van der Waals surface area contributed by atoms with E-state index in [1.165, 1.54) is 26.4 Å². The highest BCUT2D eigenvalue weighted by atomic mass is 16.5. The molecular formula is C16H24N2O2. The van der Waals surface area contributed by atoms with Crippen molar-refractivity contribution in [3.63, 3.8) is 0 Å². The number of methoxy groups -OCH3 is 1. The molecule has 0 aromatic heterocycles. The number of rotatable bonds is 6. The van der Waals surface area contributed by atoms with Gasteiger partial charge in [0.15, 0.2) is 0 Å². The van der Waals surface area contributed by atoms with Crippen LogP contribution in [0.4, 0.5) is 0 Å². The number of esters is 1. The molecule has 0 aliphatic heterocycles. The topological polar surface area (TPSA) is 41.6 Å². The highest BCUT2D eigenvalue weighted by Gasteiger charge is 2.38. The van der Waals surface area contributed by atoms with Gasteiger partial charge in [-0.15, -0.1) is 0 Å². The minimum Gasteiger partial charge on any atom is -0.465 e. The van der Waals surface area contributed by atoms with Gasteiger partial charge in [-0.2, -0.15) is 0 Å². The first-order valence-electron chi connectivity index (χ1n) is 7.13. The van der Waals surface area contributed by atoms with E-state index in [1.807, 2.05) is 24.3 Å². The first-order chi connectivity index (χ1) is 9.59. The lowest BCUT2D eigenvalue weighted by Crippen LogP contribution is -2.56. The molecule has 110 valence electrons. The van der Waals surface area contributed by atoms with Gasteiger partial charge in [-0.1, -0.05) is 18.2 Å². The number of ether oxygens (including phenoxy) is 1. The van der Waals surface area contributed by atoms with E-state index in [2.05, 4.69) is 24.3 Å². The molecule has 0 atom stereocenters. The normalized spacial score (nSPS) is 16.8. The van der Waals surface area contributed by atoms with Crippen LogP contribution in [0.1, 0.15) is 35.2 Å². The zero-order chi connectivity index (χ0) is 14.6. The summed E-state index contributed by atoms with van der Waals surface area (Å²) in [7, 11) is 5.70. The second kappa shape index (κ2) is 6.37. The number of carbonyl (C=O) groups is 1. The molecule has 0 heterocycles. The number of hydrogen-bond acceptors (Lipinski definition) is 4. The molecule has 0 radical (unpaired) electrons. The van der Waals surface area contributed by atoms with Crippen LogP contribution in [0.15, 0.2) is 24.3 Å². The van der Waals surface area contributed by atoms with Gasteiger partial charge in [0.25, 0.3) is 0 Å². The third-order valence-electron chi connectivity index (χ3n) is 4.43. The van der Waals surface area contributed by atoms with E-state index in [0.717, 1.165) is 12.1 Å². The molecule has 0 unspecified atom stereocenters. The van der Waals surface area contributed by atoms with Crippen molar-refractivity contribution in [2.24, 2.45) is 0 Å². The summed E-state index contributed by atoms with van der Waals surface area (Å²) < 4.78 is 4.82. The number of hydrogen-bond donors (Lipinski definition) is 1. The largest absolute Gasteiger partial charge is 0.465 e. The van der Waals surface area contributed by atoms with Crippen LogP contribution in [-0.4, -0.2) is 44.2 Å². The van der Waals surface area contributed by atoms with Gasteiger partial charge in [0.05, 0.1) is 12.7 Å². The summed E-state index contributed by atoms with van der Waals surface area (Å²) in [5.74, 6) is -0.270. The lowest BCUT2D eigenvalue weighted by atomic mass is 9.75. The van der Waals surface area contributed by atoms with Crippen molar-refractivity contribution in [3.05, 3.63) is 35.4 Å².